The normalized spacial score (nSPS) is 13.9. The van der Waals surface area contributed by atoms with Crippen molar-refractivity contribution in [2.24, 2.45) is 0 Å². The molecule has 0 saturated heterocycles. The summed E-state index contributed by atoms with van der Waals surface area (Å²) in [5.41, 5.74) is 2.50. The van der Waals surface area contributed by atoms with Crippen LogP contribution >= 0.6 is 0 Å². The van der Waals surface area contributed by atoms with Crippen LogP contribution in [0.15, 0.2) is 36.4 Å². The van der Waals surface area contributed by atoms with Crippen LogP contribution in [0, 0.1) is 11.6 Å². The molecule has 1 heterocycles. The van der Waals surface area contributed by atoms with Gasteiger partial charge >= 0.3 is 6.03 Å². The maximum absolute atomic E-state index is 13.1. The van der Waals surface area contributed by atoms with Crippen molar-refractivity contribution in [2.75, 3.05) is 10.6 Å². The molecular weight excluding hydrogens is 316 g/mol. The Balaban J connectivity index is 1.66. The van der Waals surface area contributed by atoms with E-state index in [0.717, 1.165) is 35.0 Å². The van der Waals surface area contributed by atoms with Crippen molar-refractivity contribution in [3.63, 3.8) is 0 Å². The summed E-state index contributed by atoms with van der Waals surface area (Å²) in [5, 5.41) is 7.81. The maximum Gasteiger partial charge on any atom is 0.319 e. The molecule has 3 N–H and O–H groups in total. The fourth-order valence-corrected chi connectivity index (χ4v) is 2.59. The van der Waals surface area contributed by atoms with Crippen LogP contribution in [0.3, 0.4) is 0 Å². The average Bonchev–Trinajstić information content (AvgIpc) is 2.84. The van der Waals surface area contributed by atoms with Gasteiger partial charge in [-0.25, -0.2) is 13.6 Å². The van der Waals surface area contributed by atoms with Gasteiger partial charge in [-0.3, -0.25) is 4.79 Å². The third-order valence-corrected chi connectivity index (χ3v) is 3.72. The second-order valence-electron chi connectivity index (χ2n) is 5.62. The smallest absolute Gasteiger partial charge is 0.319 e. The van der Waals surface area contributed by atoms with E-state index in [1.807, 2.05) is 6.07 Å². The highest BCUT2D eigenvalue weighted by Gasteiger charge is 2.19. The van der Waals surface area contributed by atoms with Gasteiger partial charge in [0.2, 0.25) is 5.91 Å². The lowest BCUT2D eigenvalue weighted by atomic mass is 10.0. The lowest BCUT2D eigenvalue weighted by Crippen LogP contribution is -2.31. The second-order valence-corrected chi connectivity index (χ2v) is 5.62. The Hall–Kier alpha value is -2.96. The summed E-state index contributed by atoms with van der Waals surface area (Å²) < 4.78 is 26.2. The van der Waals surface area contributed by atoms with Gasteiger partial charge < -0.3 is 16.0 Å². The number of carbonyl (C=O) groups excluding carboxylic acids is 2. The molecule has 0 unspecified atom stereocenters. The molecule has 3 amide bonds. The summed E-state index contributed by atoms with van der Waals surface area (Å²) in [7, 11) is 0. The Bertz CT molecular complexity index is 803. The van der Waals surface area contributed by atoms with E-state index in [2.05, 4.69) is 16.0 Å². The summed E-state index contributed by atoms with van der Waals surface area (Å²) in [4.78, 5) is 23.3. The number of carbonyl (C=O) groups is 2. The van der Waals surface area contributed by atoms with Crippen molar-refractivity contribution in [1.29, 1.82) is 0 Å². The zero-order chi connectivity index (χ0) is 17.3. The van der Waals surface area contributed by atoms with Crippen LogP contribution in [0.1, 0.15) is 24.1 Å². The Kier molecular flexibility index (Phi) is 4.16. The molecule has 0 fully saturated rings. The molecule has 0 radical (unpaired) electrons. The number of rotatable bonds is 3. The molecule has 0 saturated carbocycles. The molecule has 24 heavy (non-hydrogen) atoms. The molecule has 1 atom stereocenters. The first-order valence-electron chi connectivity index (χ1n) is 7.37. The van der Waals surface area contributed by atoms with Gasteiger partial charge in [0.1, 0.15) is 11.6 Å². The zero-order valence-corrected chi connectivity index (χ0v) is 12.8. The number of amides is 3. The van der Waals surface area contributed by atoms with Crippen LogP contribution < -0.4 is 16.0 Å². The number of hydrogen-bond donors (Lipinski definition) is 3. The van der Waals surface area contributed by atoms with E-state index in [4.69, 9.17) is 0 Å². The van der Waals surface area contributed by atoms with Crippen LogP contribution in [0.5, 0.6) is 0 Å². The van der Waals surface area contributed by atoms with Gasteiger partial charge in [-0.1, -0.05) is 12.1 Å². The number of hydrogen-bond acceptors (Lipinski definition) is 2. The molecule has 0 bridgehead atoms. The number of nitrogens with one attached hydrogen (secondary N) is 3. The summed E-state index contributed by atoms with van der Waals surface area (Å²) in [6.45, 7) is 1.78. The minimum absolute atomic E-state index is 0.0287. The first kappa shape index (κ1) is 15.9. The van der Waals surface area contributed by atoms with E-state index in [0.29, 0.717) is 6.42 Å². The fraction of sp³-hybridized carbons (Fsp3) is 0.176. The lowest BCUT2D eigenvalue weighted by Gasteiger charge is -2.16. The van der Waals surface area contributed by atoms with Gasteiger partial charge in [0.15, 0.2) is 0 Å². The standard InChI is InChI=1S/C17H15F2N3O2/c1-9(10-2-3-15-11(4-10)5-16(23)22-15)20-17(24)21-14-7-12(18)6-13(19)8-14/h2-4,6-9H,5H2,1H3,(H,22,23)(H2,20,21,24)/t9-/m1/s1. The average molecular weight is 331 g/mol. The Morgan fingerprint density at radius 2 is 1.88 bits per heavy atom. The minimum atomic E-state index is -0.769. The number of fused-ring (bicyclic) bond motifs is 1. The number of halogens is 2. The topological polar surface area (TPSA) is 70.2 Å². The van der Waals surface area contributed by atoms with E-state index in [9.17, 15) is 18.4 Å². The molecule has 124 valence electrons. The minimum Gasteiger partial charge on any atom is -0.331 e. The highest BCUT2D eigenvalue weighted by molar-refractivity contribution is 5.99. The summed E-state index contributed by atoms with van der Waals surface area (Å²) in [5.74, 6) is -1.60. The van der Waals surface area contributed by atoms with Gasteiger partial charge in [0, 0.05) is 17.4 Å². The van der Waals surface area contributed by atoms with E-state index < -0.39 is 17.7 Å². The molecule has 0 spiro atoms. The first-order chi connectivity index (χ1) is 11.4. The van der Waals surface area contributed by atoms with E-state index in [1.54, 1.807) is 19.1 Å². The third-order valence-electron chi connectivity index (χ3n) is 3.72. The molecule has 7 heteroatoms. The fourth-order valence-electron chi connectivity index (χ4n) is 2.59. The SMILES string of the molecule is C[C@@H](NC(=O)Nc1cc(F)cc(F)c1)c1ccc2c(c1)CC(=O)N2. The number of urea groups is 1. The molecule has 3 rings (SSSR count). The summed E-state index contributed by atoms with van der Waals surface area (Å²) >= 11 is 0. The Labute approximate surface area is 137 Å². The number of anilines is 2. The van der Waals surface area contributed by atoms with Crippen LogP contribution in [-0.2, 0) is 11.2 Å². The van der Waals surface area contributed by atoms with Crippen molar-refractivity contribution in [3.05, 3.63) is 59.2 Å². The monoisotopic (exact) mass is 331 g/mol. The lowest BCUT2D eigenvalue weighted by molar-refractivity contribution is -0.115. The highest BCUT2D eigenvalue weighted by Crippen LogP contribution is 2.26. The molecule has 2 aromatic carbocycles. The maximum atomic E-state index is 13.1. The van der Waals surface area contributed by atoms with E-state index in [-0.39, 0.29) is 17.6 Å². The summed E-state index contributed by atoms with van der Waals surface area (Å²) in [6, 6.07) is 7.29. The molecule has 2 aromatic rings. The summed E-state index contributed by atoms with van der Waals surface area (Å²) in [6.07, 6.45) is 0.310. The molecule has 0 aromatic heterocycles. The highest BCUT2D eigenvalue weighted by atomic mass is 19.1. The largest absolute Gasteiger partial charge is 0.331 e. The molecule has 5 nitrogen and oxygen atoms in total. The zero-order valence-electron chi connectivity index (χ0n) is 12.8. The predicted molar refractivity (Wildman–Crippen MR) is 85.7 cm³/mol. The number of benzene rings is 2. The Morgan fingerprint density at radius 1 is 1.17 bits per heavy atom. The van der Waals surface area contributed by atoms with Gasteiger partial charge in [-0.2, -0.15) is 0 Å². The first-order valence-corrected chi connectivity index (χ1v) is 7.37. The molecule has 1 aliphatic heterocycles. The van der Waals surface area contributed by atoms with Crippen molar-refractivity contribution in [1.82, 2.24) is 5.32 Å². The van der Waals surface area contributed by atoms with Crippen molar-refractivity contribution >= 4 is 23.3 Å². The van der Waals surface area contributed by atoms with Crippen molar-refractivity contribution in [2.45, 2.75) is 19.4 Å². The van der Waals surface area contributed by atoms with Gasteiger partial charge in [0.05, 0.1) is 12.5 Å². The van der Waals surface area contributed by atoms with Crippen molar-refractivity contribution < 1.29 is 18.4 Å². The van der Waals surface area contributed by atoms with E-state index in [1.165, 1.54) is 0 Å². The Morgan fingerprint density at radius 3 is 2.58 bits per heavy atom. The van der Waals surface area contributed by atoms with Crippen LogP contribution in [0.25, 0.3) is 0 Å². The predicted octanol–water partition coefficient (Wildman–Crippen LogP) is 3.34. The van der Waals surface area contributed by atoms with Crippen molar-refractivity contribution in [3.8, 4) is 0 Å². The van der Waals surface area contributed by atoms with Crippen LogP contribution in [0.4, 0.5) is 25.0 Å². The molecule has 1 aliphatic rings. The van der Waals surface area contributed by atoms with Gasteiger partial charge in [-0.05, 0) is 36.2 Å². The molecule has 0 aliphatic carbocycles. The molecular formula is C17H15F2N3O2. The van der Waals surface area contributed by atoms with Crippen LogP contribution in [0.2, 0.25) is 0 Å². The quantitative estimate of drug-likeness (QED) is 0.807. The second kappa shape index (κ2) is 6.27. The van der Waals surface area contributed by atoms with E-state index >= 15 is 0 Å². The third kappa shape index (κ3) is 3.51. The van der Waals surface area contributed by atoms with Gasteiger partial charge in [-0.15, -0.1) is 0 Å². The van der Waals surface area contributed by atoms with Gasteiger partial charge in [0.25, 0.3) is 0 Å². The van der Waals surface area contributed by atoms with Crippen LogP contribution in [-0.4, -0.2) is 11.9 Å².